The average molecular weight is 379 g/mol. The van der Waals surface area contributed by atoms with Crippen LogP contribution in [0.1, 0.15) is 68.7 Å². The van der Waals surface area contributed by atoms with Gasteiger partial charge in [-0.25, -0.2) is 0 Å². The van der Waals surface area contributed by atoms with Gasteiger partial charge in [0.1, 0.15) is 0 Å². The predicted molar refractivity (Wildman–Crippen MR) is 120 cm³/mol. The van der Waals surface area contributed by atoms with Crippen LogP contribution in [0.5, 0.6) is 0 Å². The molecule has 0 radical (unpaired) electrons. The van der Waals surface area contributed by atoms with Crippen molar-refractivity contribution >= 4 is 21.7 Å². The molecular formula is C27H26N2. The molecule has 2 aliphatic rings. The van der Waals surface area contributed by atoms with Crippen LogP contribution in [0.2, 0.25) is 0 Å². The fraction of sp³-hybridized carbons (Fsp3) is 0.333. The van der Waals surface area contributed by atoms with Gasteiger partial charge in [0.2, 0.25) is 0 Å². The van der Waals surface area contributed by atoms with E-state index in [1.807, 2.05) is 6.20 Å². The van der Waals surface area contributed by atoms with Gasteiger partial charge in [0.05, 0.1) is 16.9 Å². The molecule has 0 unspecified atom stereocenters. The Morgan fingerprint density at radius 3 is 2.59 bits per heavy atom. The van der Waals surface area contributed by atoms with Gasteiger partial charge in [-0.2, -0.15) is 0 Å². The lowest BCUT2D eigenvalue weighted by atomic mass is 9.70. The summed E-state index contributed by atoms with van der Waals surface area (Å²) >= 11 is 0. The number of nitrogens with zero attached hydrogens (tertiary/aromatic N) is 2. The molecule has 2 aromatic carbocycles. The molecule has 0 amide bonds. The summed E-state index contributed by atoms with van der Waals surface area (Å²) in [6.07, 6.45) is 8.73. The van der Waals surface area contributed by atoms with Gasteiger partial charge in [0.15, 0.2) is 0 Å². The molecule has 4 aromatic rings. The smallest absolute Gasteiger partial charge is 0.0802 e. The minimum atomic E-state index is -0.141. The van der Waals surface area contributed by atoms with Crippen molar-refractivity contribution in [2.24, 2.45) is 0 Å². The monoisotopic (exact) mass is 378 g/mol. The zero-order chi connectivity index (χ0) is 19.6. The van der Waals surface area contributed by atoms with E-state index in [1.165, 1.54) is 65.0 Å². The highest BCUT2D eigenvalue weighted by Crippen LogP contribution is 2.49. The van der Waals surface area contributed by atoms with Gasteiger partial charge >= 0.3 is 0 Å². The van der Waals surface area contributed by atoms with E-state index in [1.54, 1.807) is 0 Å². The Bertz CT molecular complexity index is 1260. The number of fused-ring (bicyclic) bond motifs is 3. The maximum atomic E-state index is 5.16. The Morgan fingerprint density at radius 2 is 1.72 bits per heavy atom. The molecule has 1 fully saturated rings. The fourth-order valence-electron chi connectivity index (χ4n) is 5.61. The maximum absolute atomic E-state index is 5.16. The summed E-state index contributed by atoms with van der Waals surface area (Å²) < 4.78 is 0. The van der Waals surface area contributed by atoms with E-state index in [-0.39, 0.29) is 5.41 Å². The maximum Gasteiger partial charge on any atom is 0.0802 e. The van der Waals surface area contributed by atoms with Crippen LogP contribution in [0.3, 0.4) is 0 Å². The van der Waals surface area contributed by atoms with Crippen molar-refractivity contribution in [1.29, 1.82) is 0 Å². The molecule has 2 heterocycles. The van der Waals surface area contributed by atoms with Crippen LogP contribution < -0.4 is 0 Å². The third kappa shape index (κ3) is 2.48. The first-order chi connectivity index (χ1) is 14.1. The lowest BCUT2D eigenvalue weighted by Crippen LogP contribution is -2.26. The second-order valence-corrected chi connectivity index (χ2v) is 9.36. The third-order valence-corrected chi connectivity index (χ3v) is 7.21. The lowest BCUT2D eigenvalue weighted by molar-refractivity contribution is 0.443. The van der Waals surface area contributed by atoms with Crippen molar-refractivity contribution in [2.45, 2.75) is 57.3 Å². The highest BCUT2D eigenvalue weighted by molar-refractivity contribution is 6.03. The van der Waals surface area contributed by atoms with E-state index in [9.17, 15) is 0 Å². The Balaban J connectivity index is 1.67. The molecule has 0 aliphatic heterocycles. The molecule has 2 aromatic heterocycles. The van der Waals surface area contributed by atoms with Gasteiger partial charge in [-0.05, 0) is 53.5 Å². The minimum absolute atomic E-state index is 0.141. The van der Waals surface area contributed by atoms with Crippen molar-refractivity contribution in [2.75, 3.05) is 0 Å². The van der Waals surface area contributed by atoms with Crippen LogP contribution in [0.15, 0.2) is 54.7 Å². The molecule has 1 saturated carbocycles. The largest absolute Gasteiger partial charge is 0.256 e. The quantitative estimate of drug-likeness (QED) is 0.352. The first-order valence-corrected chi connectivity index (χ1v) is 11.0. The van der Waals surface area contributed by atoms with Gasteiger partial charge in [0.25, 0.3) is 0 Å². The molecule has 6 rings (SSSR count). The van der Waals surface area contributed by atoms with Crippen LogP contribution >= 0.6 is 0 Å². The van der Waals surface area contributed by atoms with Crippen LogP contribution in [-0.4, -0.2) is 9.97 Å². The first kappa shape index (κ1) is 17.1. The van der Waals surface area contributed by atoms with Gasteiger partial charge in [-0.1, -0.05) is 63.4 Å². The van der Waals surface area contributed by atoms with Gasteiger partial charge in [-0.3, -0.25) is 9.97 Å². The fourth-order valence-corrected chi connectivity index (χ4v) is 5.61. The minimum Gasteiger partial charge on any atom is -0.256 e. The summed E-state index contributed by atoms with van der Waals surface area (Å²) in [4.78, 5) is 10.0. The van der Waals surface area contributed by atoms with Crippen molar-refractivity contribution in [3.8, 4) is 11.3 Å². The zero-order valence-corrected chi connectivity index (χ0v) is 17.2. The standard InChI is InChI=1S/C27H26N2/c1-27(2)22-16-20(17-8-4-3-5-9-17)14-19-12-13-28-25(24(19)22)21-15-18-10-6-7-11-23(18)29-26(21)27/h6-7,10-17H,3-5,8-9H2,1-2H3. The van der Waals surface area contributed by atoms with E-state index in [4.69, 9.17) is 9.97 Å². The Kier molecular flexibility index (Phi) is 3.62. The van der Waals surface area contributed by atoms with Crippen LogP contribution in [0.25, 0.3) is 32.9 Å². The second kappa shape index (κ2) is 6.13. The molecule has 2 heteroatoms. The number of aromatic nitrogens is 2. The highest BCUT2D eigenvalue weighted by Gasteiger charge is 2.36. The third-order valence-electron chi connectivity index (χ3n) is 7.21. The topological polar surface area (TPSA) is 25.8 Å². The number of para-hydroxylation sites is 1. The van der Waals surface area contributed by atoms with Crippen LogP contribution in [0.4, 0.5) is 0 Å². The zero-order valence-electron chi connectivity index (χ0n) is 17.2. The molecular weight excluding hydrogens is 352 g/mol. The Morgan fingerprint density at radius 1 is 0.897 bits per heavy atom. The Hall–Kier alpha value is -2.74. The molecule has 2 aliphatic carbocycles. The molecule has 29 heavy (non-hydrogen) atoms. The summed E-state index contributed by atoms with van der Waals surface area (Å²) in [5.74, 6) is 0.697. The Labute approximate surface area is 172 Å². The van der Waals surface area contributed by atoms with Crippen LogP contribution in [-0.2, 0) is 5.41 Å². The number of rotatable bonds is 1. The summed E-state index contributed by atoms with van der Waals surface area (Å²) in [5.41, 5.74) is 7.29. The first-order valence-electron chi connectivity index (χ1n) is 11.0. The number of pyridine rings is 2. The molecule has 0 atom stereocenters. The van der Waals surface area contributed by atoms with Crippen molar-refractivity contribution in [3.63, 3.8) is 0 Å². The van der Waals surface area contributed by atoms with E-state index >= 15 is 0 Å². The van der Waals surface area contributed by atoms with Gasteiger partial charge in [0, 0.05) is 27.9 Å². The summed E-state index contributed by atoms with van der Waals surface area (Å²) in [7, 11) is 0. The molecule has 0 spiro atoms. The predicted octanol–water partition coefficient (Wildman–Crippen LogP) is 7.14. The second-order valence-electron chi connectivity index (χ2n) is 9.36. The number of benzene rings is 2. The SMILES string of the molecule is CC1(C)c2nc3ccccc3cc2-c2nccc3cc(C4CCCCC4)cc1c23. The van der Waals surface area contributed by atoms with Crippen molar-refractivity contribution in [3.05, 3.63) is 71.5 Å². The molecule has 0 saturated heterocycles. The van der Waals surface area contributed by atoms with E-state index in [2.05, 4.69) is 62.4 Å². The lowest BCUT2D eigenvalue weighted by Gasteiger charge is -2.35. The molecule has 144 valence electrons. The van der Waals surface area contributed by atoms with Gasteiger partial charge in [-0.15, -0.1) is 0 Å². The van der Waals surface area contributed by atoms with E-state index in [0.29, 0.717) is 5.92 Å². The molecule has 0 bridgehead atoms. The van der Waals surface area contributed by atoms with Gasteiger partial charge < -0.3 is 0 Å². The number of hydrogen-bond donors (Lipinski definition) is 0. The van der Waals surface area contributed by atoms with Crippen LogP contribution in [0, 0.1) is 0 Å². The van der Waals surface area contributed by atoms with Crippen molar-refractivity contribution < 1.29 is 0 Å². The molecule has 0 N–H and O–H groups in total. The summed E-state index contributed by atoms with van der Waals surface area (Å²) in [5, 5.41) is 3.84. The van der Waals surface area contributed by atoms with E-state index in [0.717, 1.165) is 16.9 Å². The summed E-state index contributed by atoms with van der Waals surface area (Å²) in [6, 6.07) is 17.8. The number of hydrogen-bond acceptors (Lipinski definition) is 2. The van der Waals surface area contributed by atoms with Crippen molar-refractivity contribution in [1.82, 2.24) is 9.97 Å². The van der Waals surface area contributed by atoms with E-state index < -0.39 is 0 Å². The highest BCUT2D eigenvalue weighted by atomic mass is 14.8. The average Bonchev–Trinajstić information content (AvgIpc) is 2.77. The summed E-state index contributed by atoms with van der Waals surface area (Å²) in [6.45, 7) is 4.67. The normalized spacial score (nSPS) is 18.1. The molecule has 2 nitrogen and oxygen atoms in total.